The van der Waals surface area contributed by atoms with Gasteiger partial charge in [0.05, 0.1) is 0 Å². The maximum Gasteiger partial charge on any atom is 0.276 e. The normalized spacial score (nSPS) is 29.1. The zero-order chi connectivity index (χ0) is 11.0. The molecule has 0 bridgehead atoms. The van der Waals surface area contributed by atoms with Crippen molar-refractivity contribution in [3.8, 4) is 0 Å². The number of piperidine rings is 1. The van der Waals surface area contributed by atoms with Crippen LogP contribution in [-0.2, 0) is 0 Å². The Morgan fingerprint density at radius 3 is 3.19 bits per heavy atom. The van der Waals surface area contributed by atoms with Gasteiger partial charge in [-0.25, -0.2) is 0 Å². The highest BCUT2D eigenvalue weighted by atomic mass is 16.5. The molecule has 2 saturated heterocycles. The van der Waals surface area contributed by atoms with Gasteiger partial charge in [-0.05, 0) is 31.3 Å². The molecule has 1 N–H and O–H groups in total. The summed E-state index contributed by atoms with van der Waals surface area (Å²) < 4.78 is 4.70. The predicted molar refractivity (Wildman–Crippen MR) is 56.9 cm³/mol. The molecule has 1 amide bonds. The van der Waals surface area contributed by atoms with Gasteiger partial charge in [-0.2, -0.15) is 0 Å². The molecular formula is C11H15N3O2. The second-order valence-electron chi connectivity index (χ2n) is 4.60. The molecule has 3 heterocycles. The topological polar surface area (TPSA) is 58.4 Å². The fourth-order valence-electron chi connectivity index (χ4n) is 2.70. The van der Waals surface area contributed by atoms with Crippen LogP contribution in [0.5, 0.6) is 0 Å². The summed E-state index contributed by atoms with van der Waals surface area (Å²) >= 11 is 0. The molecule has 2 atom stereocenters. The van der Waals surface area contributed by atoms with E-state index >= 15 is 0 Å². The van der Waals surface area contributed by atoms with Crippen molar-refractivity contribution in [1.82, 2.24) is 15.4 Å². The Bertz CT molecular complexity index is 377. The molecular weight excluding hydrogens is 206 g/mol. The second-order valence-corrected chi connectivity index (χ2v) is 4.60. The number of aromatic nitrogens is 1. The van der Waals surface area contributed by atoms with Crippen molar-refractivity contribution in [3.05, 3.63) is 18.0 Å². The van der Waals surface area contributed by atoms with Crippen LogP contribution < -0.4 is 5.32 Å². The minimum Gasteiger partial charge on any atom is -0.364 e. The fourth-order valence-corrected chi connectivity index (χ4v) is 2.70. The summed E-state index contributed by atoms with van der Waals surface area (Å²) in [5, 5.41) is 7.08. The molecule has 1 aromatic rings. The predicted octanol–water partition coefficient (Wildman–Crippen LogP) is 0.356. The summed E-state index contributed by atoms with van der Waals surface area (Å²) in [7, 11) is 0. The summed E-state index contributed by atoms with van der Waals surface area (Å²) in [4.78, 5) is 13.9. The van der Waals surface area contributed by atoms with E-state index in [1.165, 1.54) is 6.26 Å². The lowest BCUT2D eigenvalue weighted by Gasteiger charge is -2.33. The first kappa shape index (κ1) is 9.84. The fraction of sp³-hybridized carbons (Fsp3) is 0.636. The maximum absolute atomic E-state index is 12.0. The van der Waals surface area contributed by atoms with Crippen LogP contribution in [0.25, 0.3) is 0 Å². The Balaban J connectivity index is 1.70. The third kappa shape index (κ3) is 1.61. The van der Waals surface area contributed by atoms with Crippen LogP contribution in [-0.4, -0.2) is 42.1 Å². The Labute approximate surface area is 93.8 Å². The average Bonchev–Trinajstić information content (AvgIpc) is 2.98. The number of hydrogen-bond donors (Lipinski definition) is 1. The van der Waals surface area contributed by atoms with E-state index in [0.717, 1.165) is 38.5 Å². The molecule has 5 heteroatoms. The van der Waals surface area contributed by atoms with Crippen molar-refractivity contribution in [2.45, 2.75) is 6.42 Å². The number of likely N-dealkylation sites (tertiary alicyclic amines) is 1. The Morgan fingerprint density at radius 1 is 1.50 bits per heavy atom. The first-order chi connectivity index (χ1) is 7.84. The summed E-state index contributed by atoms with van der Waals surface area (Å²) in [6.45, 7) is 3.84. The number of amides is 1. The van der Waals surface area contributed by atoms with Crippen molar-refractivity contribution < 1.29 is 9.32 Å². The molecule has 0 radical (unpaired) electrons. The standard InChI is InChI=1S/C11H15N3O2/c15-11(10-2-4-16-13-10)14-3-1-8-5-12-6-9(8)7-14/h2,4,8-9,12H,1,3,5-7H2. The molecule has 0 saturated carbocycles. The van der Waals surface area contributed by atoms with Crippen molar-refractivity contribution in [3.63, 3.8) is 0 Å². The molecule has 2 aliphatic rings. The average molecular weight is 221 g/mol. The summed E-state index contributed by atoms with van der Waals surface area (Å²) in [6.07, 6.45) is 2.54. The van der Waals surface area contributed by atoms with Gasteiger partial charge < -0.3 is 14.7 Å². The van der Waals surface area contributed by atoms with Gasteiger partial charge in [0.1, 0.15) is 6.26 Å². The largest absolute Gasteiger partial charge is 0.364 e. The molecule has 0 aromatic carbocycles. The van der Waals surface area contributed by atoms with Crippen LogP contribution >= 0.6 is 0 Å². The number of fused-ring (bicyclic) bond motifs is 1. The highest BCUT2D eigenvalue weighted by Crippen LogP contribution is 2.27. The Kier molecular flexibility index (Phi) is 2.40. The first-order valence-electron chi connectivity index (χ1n) is 5.75. The zero-order valence-electron chi connectivity index (χ0n) is 9.06. The van der Waals surface area contributed by atoms with Crippen molar-refractivity contribution in [1.29, 1.82) is 0 Å². The number of nitrogens with one attached hydrogen (secondary N) is 1. The summed E-state index contributed by atoms with van der Waals surface area (Å²) in [6, 6.07) is 1.63. The van der Waals surface area contributed by atoms with Gasteiger partial charge in [0, 0.05) is 19.2 Å². The molecule has 0 spiro atoms. The SMILES string of the molecule is O=C(c1ccon1)N1CCC2CNCC2C1. The lowest BCUT2D eigenvalue weighted by Crippen LogP contribution is -2.43. The van der Waals surface area contributed by atoms with Gasteiger partial charge in [-0.1, -0.05) is 5.16 Å². The Hall–Kier alpha value is -1.36. The smallest absolute Gasteiger partial charge is 0.276 e. The number of rotatable bonds is 1. The van der Waals surface area contributed by atoms with Crippen LogP contribution in [0.4, 0.5) is 0 Å². The lowest BCUT2D eigenvalue weighted by molar-refractivity contribution is 0.0632. The van der Waals surface area contributed by atoms with Gasteiger partial charge in [0.15, 0.2) is 5.69 Å². The number of carbonyl (C=O) groups excluding carboxylic acids is 1. The molecule has 2 fully saturated rings. The quantitative estimate of drug-likeness (QED) is 0.743. The summed E-state index contributed by atoms with van der Waals surface area (Å²) in [5.41, 5.74) is 0.421. The van der Waals surface area contributed by atoms with Crippen molar-refractivity contribution >= 4 is 5.91 Å². The van der Waals surface area contributed by atoms with E-state index in [2.05, 4.69) is 10.5 Å². The van der Waals surface area contributed by atoms with Crippen molar-refractivity contribution in [2.24, 2.45) is 11.8 Å². The molecule has 1 aromatic heterocycles. The molecule has 86 valence electrons. The minimum atomic E-state index is -0.000833. The van der Waals surface area contributed by atoms with Crippen LogP contribution in [0, 0.1) is 11.8 Å². The minimum absolute atomic E-state index is 0.000833. The van der Waals surface area contributed by atoms with Gasteiger partial charge in [0.25, 0.3) is 5.91 Å². The molecule has 16 heavy (non-hydrogen) atoms. The zero-order valence-corrected chi connectivity index (χ0v) is 9.06. The van der Waals surface area contributed by atoms with Crippen LogP contribution in [0.2, 0.25) is 0 Å². The van der Waals surface area contributed by atoms with Gasteiger partial charge in [-0.15, -0.1) is 0 Å². The van der Waals surface area contributed by atoms with E-state index in [-0.39, 0.29) is 5.91 Å². The van der Waals surface area contributed by atoms with Gasteiger partial charge >= 0.3 is 0 Å². The van der Waals surface area contributed by atoms with Crippen LogP contribution in [0.15, 0.2) is 16.9 Å². The molecule has 3 rings (SSSR count). The van der Waals surface area contributed by atoms with Gasteiger partial charge in [0.2, 0.25) is 0 Å². The molecule has 2 aliphatic heterocycles. The maximum atomic E-state index is 12.0. The molecule has 2 unspecified atom stereocenters. The lowest BCUT2D eigenvalue weighted by atomic mass is 9.88. The highest BCUT2D eigenvalue weighted by Gasteiger charge is 2.35. The van der Waals surface area contributed by atoms with Gasteiger partial charge in [-0.3, -0.25) is 4.79 Å². The van der Waals surface area contributed by atoms with Crippen LogP contribution in [0.3, 0.4) is 0 Å². The summed E-state index contributed by atoms with van der Waals surface area (Å²) in [5.74, 6) is 1.37. The molecule has 0 aliphatic carbocycles. The number of hydrogen-bond acceptors (Lipinski definition) is 4. The monoisotopic (exact) mass is 221 g/mol. The van der Waals surface area contributed by atoms with E-state index < -0.39 is 0 Å². The third-order valence-corrected chi connectivity index (χ3v) is 3.65. The second kappa shape index (κ2) is 3.90. The third-order valence-electron chi connectivity index (χ3n) is 3.65. The van der Waals surface area contributed by atoms with E-state index in [0.29, 0.717) is 11.6 Å². The molecule has 5 nitrogen and oxygen atoms in total. The van der Waals surface area contributed by atoms with E-state index in [9.17, 15) is 4.79 Å². The highest BCUT2D eigenvalue weighted by molar-refractivity contribution is 5.92. The Morgan fingerprint density at radius 2 is 2.38 bits per heavy atom. The van der Waals surface area contributed by atoms with Crippen molar-refractivity contribution in [2.75, 3.05) is 26.2 Å². The van der Waals surface area contributed by atoms with E-state index in [4.69, 9.17) is 4.52 Å². The van der Waals surface area contributed by atoms with E-state index in [1.807, 2.05) is 4.90 Å². The van der Waals surface area contributed by atoms with E-state index in [1.54, 1.807) is 6.07 Å². The number of nitrogens with zero attached hydrogens (tertiary/aromatic N) is 2. The first-order valence-corrected chi connectivity index (χ1v) is 5.75. The van der Waals surface area contributed by atoms with Crippen LogP contribution in [0.1, 0.15) is 16.9 Å². The number of carbonyl (C=O) groups is 1.